The van der Waals surface area contributed by atoms with Gasteiger partial charge >= 0.3 is 6.09 Å². The van der Waals surface area contributed by atoms with Crippen LogP contribution in [0.5, 0.6) is 5.75 Å². The van der Waals surface area contributed by atoms with E-state index in [-0.39, 0.29) is 9.84 Å². The van der Waals surface area contributed by atoms with E-state index in [1.807, 2.05) is 33.8 Å². The molecule has 21 heavy (non-hydrogen) atoms. The maximum Gasteiger partial charge on any atom is 0.412 e. The van der Waals surface area contributed by atoms with Crippen molar-refractivity contribution >= 4 is 43.6 Å². The molecule has 1 atom stereocenters. The van der Waals surface area contributed by atoms with Crippen LogP contribution in [0.25, 0.3) is 0 Å². The van der Waals surface area contributed by atoms with Crippen LogP contribution in [0.3, 0.4) is 0 Å². The fraction of sp³-hybridized carbons (Fsp3) is 0.533. The average Bonchev–Trinajstić information content (AvgIpc) is 2.66. The SMILES string of the molecule is C[C@@H]1Cc2cc(C(Br)Br)cc(NC(=O)OC(C)(C)C)c2O1. The number of hydrogen-bond donors (Lipinski definition) is 1. The number of carbonyl (C=O) groups excluding carboxylic acids is 1. The van der Waals surface area contributed by atoms with Crippen LogP contribution in [0, 0.1) is 0 Å². The van der Waals surface area contributed by atoms with Gasteiger partial charge in [0.05, 0.1) is 9.42 Å². The van der Waals surface area contributed by atoms with Crippen molar-refractivity contribution in [3.05, 3.63) is 23.3 Å². The van der Waals surface area contributed by atoms with Crippen molar-refractivity contribution in [2.75, 3.05) is 5.32 Å². The number of amides is 1. The molecule has 1 heterocycles. The Morgan fingerprint density at radius 2 is 2.10 bits per heavy atom. The summed E-state index contributed by atoms with van der Waals surface area (Å²) in [5, 5.41) is 2.79. The Kier molecular flexibility index (Phi) is 4.88. The highest BCUT2D eigenvalue weighted by atomic mass is 79.9. The van der Waals surface area contributed by atoms with Gasteiger partial charge in [-0.15, -0.1) is 0 Å². The highest BCUT2D eigenvalue weighted by Crippen LogP contribution is 2.41. The Balaban J connectivity index is 2.28. The predicted octanol–water partition coefficient (Wildman–Crippen LogP) is 5.15. The van der Waals surface area contributed by atoms with Crippen molar-refractivity contribution in [3.63, 3.8) is 0 Å². The summed E-state index contributed by atoms with van der Waals surface area (Å²) in [6.45, 7) is 7.51. The zero-order valence-corrected chi connectivity index (χ0v) is 15.7. The van der Waals surface area contributed by atoms with Gasteiger partial charge in [-0.05, 0) is 45.4 Å². The van der Waals surface area contributed by atoms with Crippen LogP contribution in [0.2, 0.25) is 0 Å². The molecule has 1 aliphatic rings. The van der Waals surface area contributed by atoms with E-state index >= 15 is 0 Å². The van der Waals surface area contributed by atoms with E-state index in [0.29, 0.717) is 5.69 Å². The third-order valence-electron chi connectivity index (χ3n) is 2.90. The molecule has 2 rings (SSSR count). The van der Waals surface area contributed by atoms with Crippen LogP contribution in [0.4, 0.5) is 10.5 Å². The highest BCUT2D eigenvalue weighted by molar-refractivity contribution is 9.24. The number of anilines is 1. The van der Waals surface area contributed by atoms with E-state index in [9.17, 15) is 4.79 Å². The van der Waals surface area contributed by atoms with Crippen molar-refractivity contribution in [2.45, 2.75) is 49.6 Å². The Hall–Kier alpha value is -0.750. The first-order valence-corrected chi connectivity index (χ1v) is 8.60. The molecule has 0 saturated heterocycles. The Morgan fingerprint density at radius 3 is 2.67 bits per heavy atom. The van der Waals surface area contributed by atoms with Gasteiger partial charge in [-0.25, -0.2) is 4.79 Å². The standard InChI is InChI=1S/C15H19Br2NO3/c1-8-5-9-6-10(13(16)17)7-11(12(9)20-8)18-14(19)21-15(2,3)4/h6-8,13H,5H2,1-4H3,(H,18,19)/t8-/m1/s1. The molecule has 6 heteroatoms. The molecule has 116 valence electrons. The first-order valence-electron chi connectivity index (χ1n) is 6.77. The zero-order valence-electron chi connectivity index (χ0n) is 12.5. The van der Waals surface area contributed by atoms with Gasteiger partial charge in [0.2, 0.25) is 0 Å². The van der Waals surface area contributed by atoms with Crippen LogP contribution in [-0.2, 0) is 11.2 Å². The Bertz CT molecular complexity index is 553. The summed E-state index contributed by atoms with van der Waals surface area (Å²) >= 11 is 6.97. The summed E-state index contributed by atoms with van der Waals surface area (Å²) in [7, 11) is 0. The lowest BCUT2D eigenvalue weighted by Gasteiger charge is -2.20. The van der Waals surface area contributed by atoms with Gasteiger partial charge in [-0.3, -0.25) is 5.32 Å². The van der Waals surface area contributed by atoms with Gasteiger partial charge in [-0.2, -0.15) is 0 Å². The second kappa shape index (κ2) is 6.16. The summed E-state index contributed by atoms with van der Waals surface area (Å²) in [5.74, 6) is 0.734. The minimum absolute atomic E-state index is 0.0189. The van der Waals surface area contributed by atoms with E-state index < -0.39 is 11.7 Å². The van der Waals surface area contributed by atoms with E-state index in [1.54, 1.807) is 0 Å². The Labute approximate surface area is 141 Å². The van der Waals surface area contributed by atoms with E-state index in [0.717, 1.165) is 23.3 Å². The number of halogens is 2. The van der Waals surface area contributed by atoms with Crippen molar-refractivity contribution in [2.24, 2.45) is 0 Å². The average molecular weight is 421 g/mol. The number of fused-ring (bicyclic) bond motifs is 1. The lowest BCUT2D eigenvalue weighted by molar-refractivity contribution is 0.0635. The largest absolute Gasteiger partial charge is 0.488 e. The minimum Gasteiger partial charge on any atom is -0.488 e. The van der Waals surface area contributed by atoms with Gasteiger partial charge in [0.25, 0.3) is 0 Å². The first kappa shape index (κ1) is 16.6. The number of rotatable bonds is 2. The molecule has 1 aromatic carbocycles. The normalized spacial score (nSPS) is 17.4. The molecule has 4 nitrogen and oxygen atoms in total. The summed E-state index contributed by atoms with van der Waals surface area (Å²) < 4.78 is 11.1. The van der Waals surface area contributed by atoms with Crippen LogP contribution in [0.1, 0.15) is 42.6 Å². The molecule has 1 amide bonds. The van der Waals surface area contributed by atoms with Gasteiger partial charge in [0.1, 0.15) is 17.5 Å². The van der Waals surface area contributed by atoms with Crippen molar-refractivity contribution in [1.82, 2.24) is 0 Å². The van der Waals surface area contributed by atoms with Gasteiger partial charge in [0.15, 0.2) is 0 Å². The predicted molar refractivity (Wildman–Crippen MR) is 90.7 cm³/mol. The molecule has 0 aromatic heterocycles. The fourth-order valence-corrected chi connectivity index (χ4v) is 2.72. The number of hydrogen-bond acceptors (Lipinski definition) is 3. The van der Waals surface area contributed by atoms with Gasteiger partial charge < -0.3 is 9.47 Å². The summed E-state index contributed by atoms with van der Waals surface area (Å²) in [6, 6.07) is 3.96. The van der Waals surface area contributed by atoms with E-state index in [1.165, 1.54) is 0 Å². The number of nitrogens with one attached hydrogen (secondary N) is 1. The monoisotopic (exact) mass is 419 g/mol. The fourth-order valence-electron chi connectivity index (χ4n) is 2.19. The quantitative estimate of drug-likeness (QED) is 0.673. The molecule has 0 radical (unpaired) electrons. The molecule has 1 aromatic rings. The summed E-state index contributed by atoms with van der Waals surface area (Å²) in [4.78, 5) is 12.0. The molecule has 0 spiro atoms. The van der Waals surface area contributed by atoms with Crippen LogP contribution in [-0.4, -0.2) is 17.8 Å². The van der Waals surface area contributed by atoms with Crippen LogP contribution in [0.15, 0.2) is 12.1 Å². The Morgan fingerprint density at radius 1 is 1.43 bits per heavy atom. The molecule has 0 unspecified atom stereocenters. The molecule has 0 fully saturated rings. The third kappa shape index (κ3) is 4.36. The number of benzene rings is 1. The topological polar surface area (TPSA) is 47.6 Å². The number of ether oxygens (including phenoxy) is 2. The molecular weight excluding hydrogens is 402 g/mol. The maximum absolute atomic E-state index is 12.0. The van der Waals surface area contributed by atoms with Crippen molar-refractivity contribution < 1.29 is 14.3 Å². The summed E-state index contributed by atoms with van der Waals surface area (Å²) in [5.41, 5.74) is 2.23. The zero-order chi connectivity index (χ0) is 15.8. The first-order chi connectivity index (χ1) is 9.65. The second-order valence-corrected chi connectivity index (χ2v) is 9.18. The molecule has 1 N–H and O–H groups in total. The third-order valence-corrected chi connectivity index (χ3v) is 3.96. The van der Waals surface area contributed by atoms with Crippen LogP contribution < -0.4 is 10.1 Å². The summed E-state index contributed by atoms with van der Waals surface area (Å²) in [6.07, 6.45) is 0.461. The minimum atomic E-state index is -0.535. The second-order valence-electron chi connectivity index (χ2n) is 6.12. The lowest BCUT2D eigenvalue weighted by atomic mass is 10.1. The number of alkyl halides is 2. The van der Waals surface area contributed by atoms with E-state index in [2.05, 4.69) is 43.2 Å². The number of carbonyl (C=O) groups is 1. The molecule has 0 saturated carbocycles. The smallest absolute Gasteiger partial charge is 0.412 e. The van der Waals surface area contributed by atoms with Gasteiger partial charge in [-0.1, -0.05) is 31.9 Å². The van der Waals surface area contributed by atoms with Crippen molar-refractivity contribution in [3.8, 4) is 5.75 Å². The van der Waals surface area contributed by atoms with Crippen molar-refractivity contribution in [1.29, 1.82) is 0 Å². The molecule has 0 aliphatic carbocycles. The van der Waals surface area contributed by atoms with Crippen LogP contribution >= 0.6 is 31.9 Å². The molecule has 0 bridgehead atoms. The molecular formula is C15H19Br2NO3. The highest BCUT2D eigenvalue weighted by Gasteiger charge is 2.26. The maximum atomic E-state index is 12.0. The van der Waals surface area contributed by atoms with E-state index in [4.69, 9.17) is 9.47 Å². The lowest BCUT2D eigenvalue weighted by Crippen LogP contribution is -2.27. The molecule has 1 aliphatic heterocycles. The van der Waals surface area contributed by atoms with Gasteiger partial charge in [0, 0.05) is 12.0 Å².